The number of carbonyl (C=O) groups is 1. The highest BCUT2D eigenvalue weighted by Gasteiger charge is 2.04. The highest BCUT2D eigenvalue weighted by molar-refractivity contribution is 5.85. The minimum atomic E-state index is -1.01. The molecule has 1 aromatic carbocycles. The zero-order valence-corrected chi connectivity index (χ0v) is 13.1. The van der Waals surface area contributed by atoms with Gasteiger partial charge < -0.3 is 15.2 Å². The summed E-state index contributed by atoms with van der Waals surface area (Å²) in [7, 11) is 0. The molecule has 1 aromatic heterocycles. The number of unbranched alkanes of at least 4 members (excludes halogenated alkanes) is 1. The fourth-order valence-electron chi connectivity index (χ4n) is 2.13. The predicted octanol–water partition coefficient (Wildman–Crippen LogP) is 3.23. The van der Waals surface area contributed by atoms with Crippen LogP contribution in [0, 0.1) is 0 Å². The molecule has 0 amide bonds. The molecule has 122 valence electrons. The van der Waals surface area contributed by atoms with Crippen molar-refractivity contribution in [2.45, 2.75) is 19.3 Å². The number of carboxylic acid groups (broad SMARTS) is 1. The molecule has 2 rings (SSSR count). The van der Waals surface area contributed by atoms with E-state index in [2.05, 4.69) is 22.4 Å². The normalized spacial score (nSPS) is 10.4. The van der Waals surface area contributed by atoms with Gasteiger partial charge in [0.05, 0.1) is 6.61 Å². The van der Waals surface area contributed by atoms with Crippen molar-refractivity contribution >= 4 is 11.8 Å². The molecule has 1 heterocycles. The third kappa shape index (κ3) is 6.48. The summed E-state index contributed by atoms with van der Waals surface area (Å²) in [4.78, 5) is 14.8. The molecule has 0 spiro atoms. The molecule has 0 aliphatic rings. The first-order valence-electron chi connectivity index (χ1n) is 7.81. The van der Waals surface area contributed by atoms with Gasteiger partial charge in [-0.3, -0.25) is 0 Å². The van der Waals surface area contributed by atoms with Crippen molar-refractivity contribution in [1.29, 1.82) is 0 Å². The van der Waals surface area contributed by atoms with Crippen LogP contribution in [-0.4, -0.2) is 35.8 Å². The number of aromatic carboxylic acids is 1. The van der Waals surface area contributed by atoms with Crippen LogP contribution in [0.25, 0.3) is 0 Å². The fraction of sp³-hybridized carbons (Fsp3) is 0.333. The highest BCUT2D eigenvalue weighted by atomic mass is 16.5. The number of nitrogens with zero attached hydrogens (tertiary/aromatic N) is 1. The Hall–Kier alpha value is -2.40. The largest absolute Gasteiger partial charge is 0.477 e. The average molecular weight is 314 g/mol. The number of carboxylic acids is 1. The van der Waals surface area contributed by atoms with E-state index in [1.165, 1.54) is 11.6 Å². The van der Waals surface area contributed by atoms with Crippen LogP contribution in [0.2, 0.25) is 0 Å². The highest BCUT2D eigenvalue weighted by Crippen LogP contribution is 2.05. The van der Waals surface area contributed by atoms with E-state index < -0.39 is 5.97 Å². The van der Waals surface area contributed by atoms with Gasteiger partial charge in [0.15, 0.2) is 5.69 Å². The molecule has 0 bridgehead atoms. The van der Waals surface area contributed by atoms with E-state index in [0.29, 0.717) is 5.82 Å². The quantitative estimate of drug-likeness (QED) is 0.659. The lowest BCUT2D eigenvalue weighted by molar-refractivity contribution is 0.0690. The fourth-order valence-corrected chi connectivity index (χ4v) is 2.13. The molecular formula is C18H22N2O3. The Kier molecular flexibility index (Phi) is 7.07. The molecule has 0 saturated heterocycles. The molecule has 23 heavy (non-hydrogen) atoms. The van der Waals surface area contributed by atoms with Crippen molar-refractivity contribution in [1.82, 2.24) is 4.98 Å². The van der Waals surface area contributed by atoms with Gasteiger partial charge in [0.1, 0.15) is 5.82 Å². The van der Waals surface area contributed by atoms with Gasteiger partial charge in [-0.05, 0) is 37.0 Å². The van der Waals surface area contributed by atoms with Crippen LogP contribution in [0.15, 0.2) is 48.5 Å². The van der Waals surface area contributed by atoms with Gasteiger partial charge in [-0.15, -0.1) is 0 Å². The zero-order valence-electron chi connectivity index (χ0n) is 13.1. The zero-order chi connectivity index (χ0) is 16.3. The second-order valence-electron chi connectivity index (χ2n) is 5.20. The van der Waals surface area contributed by atoms with Gasteiger partial charge in [0, 0.05) is 13.2 Å². The number of ether oxygens (including phenoxy) is 1. The molecule has 0 aliphatic carbocycles. The molecule has 0 unspecified atom stereocenters. The molecular weight excluding hydrogens is 292 g/mol. The van der Waals surface area contributed by atoms with Crippen molar-refractivity contribution in [3.05, 3.63) is 59.8 Å². The maximum absolute atomic E-state index is 10.8. The van der Waals surface area contributed by atoms with Crippen LogP contribution in [0.3, 0.4) is 0 Å². The first kappa shape index (κ1) is 17.0. The number of rotatable bonds is 10. The summed E-state index contributed by atoms with van der Waals surface area (Å²) in [5.41, 5.74) is 1.35. The Labute approximate surface area is 136 Å². The minimum Gasteiger partial charge on any atom is -0.477 e. The summed E-state index contributed by atoms with van der Waals surface area (Å²) >= 11 is 0. The van der Waals surface area contributed by atoms with Crippen LogP contribution in [0.5, 0.6) is 0 Å². The second kappa shape index (κ2) is 9.58. The van der Waals surface area contributed by atoms with Crippen LogP contribution in [-0.2, 0) is 11.2 Å². The first-order valence-corrected chi connectivity index (χ1v) is 7.81. The summed E-state index contributed by atoms with van der Waals surface area (Å²) < 4.78 is 5.62. The van der Waals surface area contributed by atoms with Crippen molar-refractivity contribution in [2.24, 2.45) is 0 Å². The number of pyridine rings is 1. The number of anilines is 1. The average Bonchev–Trinajstić information content (AvgIpc) is 2.58. The number of hydrogen-bond donors (Lipinski definition) is 2. The van der Waals surface area contributed by atoms with Gasteiger partial charge >= 0.3 is 5.97 Å². The molecule has 0 aliphatic heterocycles. The van der Waals surface area contributed by atoms with Crippen LogP contribution in [0.1, 0.15) is 28.9 Å². The van der Waals surface area contributed by atoms with Crippen LogP contribution < -0.4 is 5.32 Å². The predicted molar refractivity (Wildman–Crippen MR) is 89.9 cm³/mol. The molecule has 5 nitrogen and oxygen atoms in total. The molecule has 0 atom stereocenters. The van der Waals surface area contributed by atoms with E-state index in [-0.39, 0.29) is 5.69 Å². The summed E-state index contributed by atoms with van der Waals surface area (Å²) in [5.74, 6) is -0.421. The van der Waals surface area contributed by atoms with Crippen molar-refractivity contribution in [2.75, 3.05) is 25.1 Å². The van der Waals surface area contributed by atoms with E-state index >= 15 is 0 Å². The van der Waals surface area contributed by atoms with E-state index in [0.717, 1.165) is 39.0 Å². The van der Waals surface area contributed by atoms with Crippen LogP contribution >= 0.6 is 0 Å². The van der Waals surface area contributed by atoms with Gasteiger partial charge in [-0.2, -0.15) is 0 Å². The lowest BCUT2D eigenvalue weighted by atomic mass is 10.2. The first-order chi connectivity index (χ1) is 11.3. The van der Waals surface area contributed by atoms with Crippen molar-refractivity contribution in [3.63, 3.8) is 0 Å². The lowest BCUT2D eigenvalue weighted by Crippen LogP contribution is -2.08. The molecule has 2 N–H and O–H groups in total. The van der Waals surface area contributed by atoms with Gasteiger partial charge in [-0.1, -0.05) is 36.4 Å². The molecule has 5 heteroatoms. The van der Waals surface area contributed by atoms with E-state index in [9.17, 15) is 4.79 Å². The Morgan fingerprint density at radius 2 is 1.87 bits per heavy atom. The third-order valence-electron chi connectivity index (χ3n) is 3.37. The number of nitrogens with one attached hydrogen (secondary N) is 1. The summed E-state index contributed by atoms with van der Waals surface area (Å²) in [6.07, 6.45) is 2.84. The number of aromatic nitrogens is 1. The minimum absolute atomic E-state index is 0.0549. The van der Waals surface area contributed by atoms with Crippen LogP contribution in [0.4, 0.5) is 5.82 Å². The summed E-state index contributed by atoms with van der Waals surface area (Å²) in [5, 5.41) is 12.0. The molecule has 0 radical (unpaired) electrons. The Morgan fingerprint density at radius 3 is 2.65 bits per heavy atom. The lowest BCUT2D eigenvalue weighted by Gasteiger charge is -2.07. The smallest absolute Gasteiger partial charge is 0.354 e. The maximum Gasteiger partial charge on any atom is 0.354 e. The van der Waals surface area contributed by atoms with Gasteiger partial charge in [-0.25, -0.2) is 9.78 Å². The monoisotopic (exact) mass is 314 g/mol. The van der Waals surface area contributed by atoms with Gasteiger partial charge in [0.2, 0.25) is 0 Å². The van der Waals surface area contributed by atoms with Crippen molar-refractivity contribution in [3.8, 4) is 0 Å². The molecule has 0 saturated carbocycles. The Morgan fingerprint density at radius 1 is 1.04 bits per heavy atom. The van der Waals surface area contributed by atoms with Gasteiger partial charge in [0.25, 0.3) is 0 Å². The molecule has 2 aromatic rings. The van der Waals surface area contributed by atoms with E-state index in [1.54, 1.807) is 12.1 Å². The summed E-state index contributed by atoms with van der Waals surface area (Å²) in [6.45, 7) is 2.22. The third-order valence-corrected chi connectivity index (χ3v) is 3.37. The van der Waals surface area contributed by atoms with E-state index in [4.69, 9.17) is 9.84 Å². The SMILES string of the molecule is O=C(O)c1cccc(NCCCCOCCc2ccccc2)n1. The maximum atomic E-state index is 10.8. The number of hydrogen-bond acceptors (Lipinski definition) is 4. The standard InChI is InChI=1S/C18H22N2O3/c21-18(22)16-9-6-10-17(20-16)19-12-4-5-13-23-14-11-15-7-2-1-3-8-15/h1-3,6-10H,4-5,11-14H2,(H,19,20)(H,21,22). The Bertz CT molecular complexity index is 602. The summed E-state index contributed by atoms with van der Waals surface area (Å²) in [6, 6.07) is 15.2. The topological polar surface area (TPSA) is 71.5 Å². The second-order valence-corrected chi connectivity index (χ2v) is 5.20. The number of benzene rings is 1. The Balaban J connectivity index is 1.52. The molecule has 0 fully saturated rings. The van der Waals surface area contributed by atoms with Crippen molar-refractivity contribution < 1.29 is 14.6 Å². The van der Waals surface area contributed by atoms with E-state index in [1.807, 2.05) is 18.2 Å².